The molecule has 68 heavy (non-hydrogen) atoms. The molecule has 0 aliphatic carbocycles. The molecule has 4 aliphatic heterocycles. The number of fused-ring (bicyclic) bond motifs is 4. The first-order chi connectivity index (χ1) is 33.0. The number of esters is 2. The summed E-state index contributed by atoms with van der Waals surface area (Å²) in [6, 6.07) is 31.2. The van der Waals surface area contributed by atoms with Crippen molar-refractivity contribution in [3.05, 3.63) is 155 Å². The number of urea groups is 1. The number of amides is 4. The zero-order valence-corrected chi connectivity index (χ0v) is 38.5. The lowest BCUT2D eigenvalue weighted by atomic mass is 9.65. The third-order valence-corrected chi connectivity index (χ3v) is 13.8. The lowest BCUT2D eigenvalue weighted by Crippen LogP contribution is -2.58. The smallest absolute Gasteiger partial charge is 0.329 e. The van der Waals surface area contributed by atoms with E-state index in [1.165, 1.54) is 7.11 Å². The van der Waals surface area contributed by atoms with Gasteiger partial charge in [0.1, 0.15) is 36.0 Å². The molecule has 15 nitrogen and oxygen atoms in total. The maximum atomic E-state index is 16.5. The zero-order valence-electron chi connectivity index (χ0n) is 38.5. The first kappa shape index (κ1) is 45.9. The van der Waals surface area contributed by atoms with Crippen LogP contribution in [-0.4, -0.2) is 97.9 Å². The third-order valence-electron chi connectivity index (χ3n) is 13.8. The van der Waals surface area contributed by atoms with Crippen molar-refractivity contribution in [2.45, 2.75) is 62.5 Å². The number of aliphatic hydroxyl groups excluding tert-OH is 1. The van der Waals surface area contributed by atoms with E-state index in [0.717, 1.165) is 21.6 Å². The van der Waals surface area contributed by atoms with Crippen molar-refractivity contribution in [2.75, 3.05) is 46.0 Å². The Hall–Kier alpha value is -7.23. The second kappa shape index (κ2) is 18.8. The number of ether oxygens (including phenoxy) is 5. The molecule has 7 unspecified atom stereocenters. The SMILES string of the molecule is COC(=O)C(NC(=O)N1C(=O)C2(c3ccccc31)C(C(=O)N1CCc3cc(OC)c(OC)cc3C1)C1C(=O)OC(c3ccccc3)C(c3ccccc3)N1C2c1ccc(OCCO)cc1)C(C)C. The Labute approximate surface area is 394 Å². The monoisotopic (exact) mass is 922 g/mol. The van der Waals surface area contributed by atoms with E-state index in [1.807, 2.05) is 77.7 Å². The number of morpholine rings is 1. The van der Waals surface area contributed by atoms with Crippen LogP contribution in [0, 0.1) is 11.8 Å². The maximum Gasteiger partial charge on any atom is 0.329 e. The number of hydrogen-bond donors (Lipinski definition) is 2. The number of benzene rings is 5. The molecule has 2 fully saturated rings. The molecule has 0 saturated carbocycles. The lowest BCUT2D eigenvalue weighted by Gasteiger charge is -2.46. The molecule has 15 heteroatoms. The van der Waals surface area contributed by atoms with Crippen LogP contribution in [0.2, 0.25) is 0 Å². The average molecular weight is 923 g/mol. The fourth-order valence-electron chi connectivity index (χ4n) is 10.8. The Morgan fingerprint density at radius 3 is 2.06 bits per heavy atom. The number of carbonyl (C=O) groups excluding carboxylic acids is 5. The molecule has 7 atom stereocenters. The predicted molar refractivity (Wildman–Crippen MR) is 249 cm³/mol. The number of methoxy groups -OCH3 is 3. The molecule has 4 amide bonds. The number of imide groups is 1. The van der Waals surface area contributed by atoms with Gasteiger partial charge in [0.2, 0.25) is 11.8 Å². The Morgan fingerprint density at radius 1 is 0.794 bits per heavy atom. The number of cyclic esters (lactones) is 1. The van der Waals surface area contributed by atoms with Crippen molar-refractivity contribution in [1.82, 2.24) is 15.1 Å². The highest BCUT2D eigenvalue weighted by Crippen LogP contribution is 2.66. The molecule has 2 saturated heterocycles. The second-order valence-corrected chi connectivity index (χ2v) is 17.7. The number of carbonyl (C=O) groups is 5. The van der Waals surface area contributed by atoms with Crippen LogP contribution in [0.15, 0.2) is 121 Å². The average Bonchev–Trinajstić information content (AvgIpc) is 3.83. The minimum absolute atomic E-state index is 0.0364. The fraction of sp³-hybridized carbons (Fsp3) is 0.340. The van der Waals surface area contributed by atoms with Gasteiger partial charge in [0, 0.05) is 13.1 Å². The van der Waals surface area contributed by atoms with Gasteiger partial charge in [0.25, 0.3) is 0 Å². The van der Waals surface area contributed by atoms with Crippen LogP contribution in [-0.2, 0) is 47.0 Å². The van der Waals surface area contributed by atoms with Gasteiger partial charge in [-0.2, -0.15) is 0 Å². The van der Waals surface area contributed by atoms with Crippen molar-refractivity contribution < 1.29 is 52.8 Å². The van der Waals surface area contributed by atoms with Gasteiger partial charge in [0.05, 0.1) is 51.6 Å². The van der Waals surface area contributed by atoms with E-state index in [-0.39, 0.29) is 32.0 Å². The summed E-state index contributed by atoms with van der Waals surface area (Å²) < 4.78 is 28.8. The van der Waals surface area contributed by atoms with Crippen molar-refractivity contribution in [1.29, 1.82) is 0 Å². The van der Waals surface area contributed by atoms with E-state index in [1.54, 1.807) is 81.5 Å². The van der Waals surface area contributed by atoms with Crippen LogP contribution >= 0.6 is 0 Å². The zero-order chi connectivity index (χ0) is 47.9. The molecule has 2 N–H and O–H groups in total. The summed E-state index contributed by atoms with van der Waals surface area (Å²) in [5.74, 6) is -3.10. The van der Waals surface area contributed by atoms with Crippen molar-refractivity contribution in [3.63, 3.8) is 0 Å². The van der Waals surface area contributed by atoms with Crippen LogP contribution < -0.4 is 24.4 Å². The number of para-hydroxylation sites is 1. The number of nitrogens with zero attached hydrogens (tertiary/aromatic N) is 3. The third kappa shape index (κ3) is 7.59. The molecular weight excluding hydrogens is 869 g/mol. The minimum atomic E-state index is -1.99. The van der Waals surface area contributed by atoms with Crippen LogP contribution in [0.3, 0.4) is 0 Å². The van der Waals surface area contributed by atoms with Gasteiger partial charge in [-0.1, -0.05) is 105 Å². The van der Waals surface area contributed by atoms with Crippen molar-refractivity contribution in [2.24, 2.45) is 11.8 Å². The molecule has 1 spiro atoms. The van der Waals surface area contributed by atoms with Crippen LogP contribution in [0.5, 0.6) is 17.2 Å². The fourth-order valence-corrected chi connectivity index (χ4v) is 10.8. The maximum absolute atomic E-state index is 16.5. The lowest BCUT2D eigenvalue weighted by molar-refractivity contribution is -0.179. The summed E-state index contributed by atoms with van der Waals surface area (Å²) in [5.41, 5.74) is 2.31. The van der Waals surface area contributed by atoms with Gasteiger partial charge in [-0.25, -0.2) is 14.5 Å². The van der Waals surface area contributed by atoms with E-state index < -0.39 is 77.3 Å². The second-order valence-electron chi connectivity index (χ2n) is 17.7. The van der Waals surface area contributed by atoms with Crippen LogP contribution in [0.1, 0.15) is 65.4 Å². The molecule has 352 valence electrons. The summed E-state index contributed by atoms with van der Waals surface area (Å²) in [5, 5.41) is 12.4. The van der Waals surface area contributed by atoms with Crippen molar-refractivity contribution in [3.8, 4) is 17.2 Å². The molecule has 9 rings (SSSR count). The van der Waals surface area contributed by atoms with E-state index >= 15 is 14.4 Å². The first-order valence-corrected chi connectivity index (χ1v) is 22.7. The topological polar surface area (TPSA) is 173 Å². The molecule has 0 bridgehead atoms. The highest BCUT2D eigenvalue weighted by Gasteiger charge is 2.76. The van der Waals surface area contributed by atoms with Crippen LogP contribution in [0.25, 0.3) is 0 Å². The van der Waals surface area contributed by atoms with Gasteiger partial charge in [-0.3, -0.25) is 19.3 Å². The molecule has 5 aromatic carbocycles. The van der Waals surface area contributed by atoms with Crippen LogP contribution in [0.4, 0.5) is 10.5 Å². The Kier molecular flexibility index (Phi) is 12.7. The number of nitrogens with one attached hydrogen (secondary N) is 1. The quantitative estimate of drug-likeness (QED) is 0.135. The summed E-state index contributed by atoms with van der Waals surface area (Å²) in [4.78, 5) is 81.0. The predicted octanol–water partition coefficient (Wildman–Crippen LogP) is 6.23. The van der Waals surface area contributed by atoms with Gasteiger partial charge >= 0.3 is 18.0 Å². The standard InChI is InChI=1S/C53H54N4O11/c1-31(2)43(49(60)66-5)54-52(63)56-39-19-13-12-18-38(39)53(51(56)62)42(48(59)55-25-24-35-28-40(64-3)41(65-4)29-36(35)30-55)45-50(61)68-46(33-16-10-7-11-17-33)44(32-14-8-6-9-15-32)57(45)47(53)34-20-22-37(23-21-34)67-27-26-58/h6-23,28-29,31,42-47,58H,24-27,30H2,1-5H3,(H,54,63). The van der Waals surface area contributed by atoms with Gasteiger partial charge < -0.3 is 39.0 Å². The molecule has 0 aromatic heterocycles. The number of anilines is 1. The van der Waals surface area contributed by atoms with Gasteiger partial charge in [-0.15, -0.1) is 0 Å². The molecular formula is C53H54N4O11. The Bertz CT molecular complexity index is 2720. The molecule has 4 heterocycles. The summed E-state index contributed by atoms with van der Waals surface area (Å²) in [6.07, 6.45) is -0.477. The molecule has 4 aliphatic rings. The highest BCUT2D eigenvalue weighted by atomic mass is 16.6. The highest BCUT2D eigenvalue weighted by molar-refractivity contribution is 6.25. The summed E-state index contributed by atoms with van der Waals surface area (Å²) in [7, 11) is 4.33. The minimum Gasteiger partial charge on any atom is -0.493 e. The molecule has 0 radical (unpaired) electrons. The van der Waals surface area contributed by atoms with E-state index in [0.29, 0.717) is 40.4 Å². The van der Waals surface area contributed by atoms with Crippen molar-refractivity contribution >= 4 is 35.5 Å². The number of aliphatic hydroxyl groups is 1. The number of hydrogen-bond acceptors (Lipinski definition) is 12. The van der Waals surface area contributed by atoms with Gasteiger partial charge in [0.15, 0.2) is 11.5 Å². The van der Waals surface area contributed by atoms with E-state index in [2.05, 4.69) is 5.32 Å². The Balaban J connectivity index is 1.31. The first-order valence-electron chi connectivity index (χ1n) is 22.7. The van der Waals surface area contributed by atoms with E-state index in [4.69, 9.17) is 23.7 Å². The van der Waals surface area contributed by atoms with E-state index in [9.17, 15) is 14.7 Å². The number of rotatable bonds is 12. The Morgan fingerprint density at radius 2 is 1.43 bits per heavy atom. The molecule has 5 aromatic rings. The normalized spacial score (nSPS) is 23.3. The summed E-state index contributed by atoms with van der Waals surface area (Å²) in [6.45, 7) is 3.67. The van der Waals surface area contributed by atoms with Gasteiger partial charge in [-0.05, 0) is 76.1 Å². The largest absolute Gasteiger partial charge is 0.493 e. The summed E-state index contributed by atoms with van der Waals surface area (Å²) >= 11 is 0.